The van der Waals surface area contributed by atoms with Crippen molar-refractivity contribution < 1.29 is 14.2 Å². The molecule has 0 N–H and O–H groups in total. The Bertz CT molecular complexity index is 526. The van der Waals surface area contributed by atoms with Gasteiger partial charge in [-0.25, -0.2) is 0 Å². The van der Waals surface area contributed by atoms with Crippen LogP contribution in [0.15, 0.2) is 16.6 Å². The van der Waals surface area contributed by atoms with E-state index in [2.05, 4.69) is 22.0 Å². The second-order valence-corrected chi connectivity index (χ2v) is 5.55. The highest BCUT2D eigenvalue weighted by Gasteiger charge is 2.31. The highest BCUT2D eigenvalue weighted by Crippen LogP contribution is 2.43. The lowest BCUT2D eigenvalue weighted by Crippen LogP contribution is -2.06. The molecule has 0 bridgehead atoms. The van der Waals surface area contributed by atoms with Crippen molar-refractivity contribution in [3.8, 4) is 17.6 Å². The van der Waals surface area contributed by atoms with Gasteiger partial charge in [-0.3, -0.25) is 0 Å². The molecule has 5 heteroatoms. The number of fused-ring (bicyclic) bond motifs is 1. The second-order valence-electron chi connectivity index (χ2n) is 4.70. The number of ether oxygens (including phenoxy) is 3. The van der Waals surface area contributed by atoms with Gasteiger partial charge in [-0.2, -0.15) is 5.26 Å². The zero-order chi connectivity index (χ0) is 13.2. The summed E-state index contributed by atoms with van der Waals surface area (Å²) >= 11 is 3.51. The third kappa shape index (κ3) is 2.43. The van der Waals surface area contributed by atoms with E-state index in [-0.39, 0.29) is 12.0 Å². The Balaban J connectivity index is 1.97. The molecule has 3 rings (SSSR count). The second kappa shape index (κ2) is 5.40. The van der Waals surface area contributed by atoms with E-state index in [1.165, 1.54) is 0 Å². The van der Waals surface area contributed by atoms with Gasteiger partial charge in [-0.05, 0) is 40.0 Å². The van der Waals surface area contributed by atoms with Gasteiger partial charge < -0.3 is 14.2 Å². The normalized spacial score (nSPS) is 25.7. The van der Waals surface area contributed by atoms with Gasteiger partial charge in [-0.1, -0.05) is 0 Å². The molecule has 0 amide bonds. The van der Waals surface area contributed by atoms with Crippen LogP contribution in [-0.4, -0.2) is 19.8 Å². The predicted molar refractivity (Wildman–Crippen MR) is 72.2 cm³/mol. The summed E-state index contributed by atoms with van der Waals surface area (Å²) in [5.41, 5.74) is 0.972. The number of halogens is 1. The van der Waals surface area contributed by atoms with Crippen LogP contribution in [0.3, 0.4) is 0 Å². The van der Waals surface area contributed by atoms with Crippen LogP contribution in [0.5, 0.6) is 11.5 Å². The smallest absolute Gasteiger partial charge is 0.175 e. The Labute approximate surface area is 120 Å². The average molecular weight is 324 g/mol. The molecule has 2 unspecified atom stereocenters. The first-order chi connectivity index (χ1) is 9.29. The third-order valence-electron chi connectivity index (χ3n) is 3.41. The Morgan fingerprint density at radius 2 is 2.05 bits per heavy atom. The van der Waals surface area contributed by atoms with Crippen molar-refractivity contribution >= 4 is 15.9 Å². The maximum atomic E-state index is 9.15. The fourth-order valence-electron chi connectivity index (χ4n) is 2.47. The molecule has 2 aliphatic heterocycles. The molecule has 2 atom stereocenters. The van der Waals surface area contributed by atoms with E-state index < -0.39 is 0 Å². The molecule has 100 valence electrons. The SMILES string of the molecule is N#CC1CCOC1c1cc(Br)c2c(c1)OCCCO2. The van der Waals surface area contributed by atoms with Crippen LogP contribution in [-0.2, 0) is 4.74 Å². The lowest BCUT2D eigenvalue weighted by atomic mass is 9.96. The standard InChI is InChI=1S/C14H14BrNO3/c15-11-6-10(13-9(8-16)2-5-19-13)7-12-14(11)18-4-1-3-17-12/h6-7,9,13H,1-5H2. The summed E-state index contributed by atoms with van der Waals surface area (Å²) in [6.45, 7) is 1.94. The van der Waals surface area contributed by atoms with E-state index in [9.17, 15) is 0 Å². The largest absolute Gasteiger partial charge is 0.490 e. The van der Waals surface area contributed by atoms with E-state index in [1.54, 1.807) is 0 Å². The molecule has 0 aromatic heterocycles. The summed E-state index contributed by atoms with van der Waals surface area (Å²) < 4.78 is 17.9. The first kappa shape index (κ1) is 12.8. The molecule has 1 fully saturated rings. The van der Waals surface area contributed by atoms with Crippen LogP contribution >= 0.6 is 15.9 Å². The van der Waals surface area contributed by atoms with Crippen LogP contribution < -0.4 is 9.47 Å². The molecule has 2 aliphatic rings. The molecule has 1 aromatic carbocycles. The van der Waals surface area contributed by atoms with Gasteiger partial charge in [0.2, 0.25) is 0 Å². The molecular weight excluding hydrogens is 310 g/mol. The summed E-state index contributed by atoms with van der Waals surface area (Å²) in [6.07, 6.45) is 1.49. The van der Waals surface area contributed by atoms with Crippen molar-refractivity contribution in [1.82, 2.24) is 0 Å². The van der Waals surface area contributed by atoms with E-state index in [1.807, 2.05) is 12.1 Å². The van der Waals surface area contributed by atoms with Crippen LogP contribution in [0.4, 0.5) is 0 Å². The van der Waals surface area contributed by atoms with Crippen LogP contribution in [0.1, 0.15) is 24.5 Å². The van der Waals surface area contributed by atoms with E-state index in [0.717, 1.165) is 34.4 Å². The van der Waals surface area contributed by atoms with Crippen LogP contribution in [0, 0.1) is 17.2 Å². The molecular formula is C14H14BrNO3. The van der Waals surface area contributed by atoms with E-state index in [4.69, 9.17) is 19.5 Å². The van der Waals surface area contributed by atoms with E-state index >= 15 is 0 Å². The number of rotatable bonds is 1. The Morgan fingerprint density at radius 1 is 1.21 bits per heavy atom. The minimum Gasteiger partial charge on any atom is -0.490 e. The highest BCUT2D eigenvalue weighted by atomic mass is 79.9. The maximum Gasteiger partial charge on any atom is 0.175 e. The van der Waals surface area contributed by atoms with Gasteiger partial charge in [0.15, 0.2) is 11.5 Å². The van der Waals surface area contributed by atoms with Crippen molar-refractivity contribution in [1.29, 1.82) is 5.26 Å². The van der Waals surface area contributed by atoms with Crippen molar-refractivity contribution in [3.05, 3.63) is 22.2 Å². The molecule has 0 radical (unpaired) electrons. The molecule has 0 spiro atoms. The van der Waals surface area contributed by atoms with Gasteiger partial charge in [0.25, 0.3) is 0 Å². The Morgan fingerprint density at radius 3 is 2.89 bits per heavy atom. The van der Waals surface area contributed by atoms with Crippen molar-refractivity contribution in [2.75, 3.05) is 19.8 Å². The fourth-order valence-corrected chi connectivity index (χ4v) is 3.04. The topological polar surface area (TPSA) is 51.5 Å². The monoisotopic (exact) mass is 323 g/mol. The Hall–Kier alpha value is -1.25. The number of benzene rings is 1. The van der Waals surface area contributed by atoms with Gasteiger partial charge in [0.1, 0.15) is 0 Å². The lowest BCUT2D eigenvalue weighted by Gasteiger charge is -2.17. The molecule has 0 aliphatic carbocycles. The number of nitrogens with zero attached hydrogens (tertiary/aromatic N) is 1. The fraction of sp³-hybridized carbons (Fsp3) is 0.500. The molecule has 1 saturated heterocycles. The number of hydrogen-bond acceptors (Lipinski definition) is 4. The molecule has 4 nitrogen and oxygen atoms in total. The lowest BCUT2D eigenvalue weighted by molar-refractivity contribution is 0.100. The summed E-state index contributed by atoms with van der Waals surface area (Å²) in [4.78, 5) is 0. The summed E-state index contributed by atoms with van der Waals surface area (Å²) in [7, 11) is 0. The first-order valence-corrected chi connectivity index (χ1v) is 7.19. The van der Waals surface area contributed by atoms with E-state index in [0.29, 0.717) is 19.8 Å². The summed E-state index contributed by atoms with van der Waals surface area (Å²) in [6, 6.07) is 6.21. The third-order valence-corrected chi connectivity index (χ3v) is 4.00. The quantitative estimate of drug-likeness (QED) is 0.796. The average Bonchev–Trinajstić information content (AvgIpc) is 2.76. The Kier molecular flexibility index (Phi) is 3.63. The number of hydrogen-bond donors (Lipinski definition) is 0. The molecule has 2 heterocycles. The zero-order valence-electron chi connectivity index (χ0n) is 10.4. The van der Waals surface area contributed by atoms with Gasteiger partial charge >= 0.3 is 0 Å². The van der Waals surface area contributed by atoms with Gasteiger partial charge in [-0.15, -0.1) is 0 Å². The minimum atomic E-state index is -0.168. The summed E-state index contributed by atoms with van der Waals surface area (Å²) in [5.74, 6) is 1.39. The molecule has 1 aromatic rings. The van der Waals surface area contributed by atoms with Crippen molar-refractivity contribution in [2.45, 2.75) is 18.9 Å². The zero-order valence-corrected chi connectivity index (χ0v) is 12.0. The van der Waals surface area contributed by atoms with Gasteiger partial charge in [0, 0.05) is 13.0 Å². The molecule has 19 heavy (non-hydrogen) atoms. The summed E-state index contributed by atoms with van der Waals surface area (Å²) in [5, 5.41) is 9.15. The van der Waals surface area contributed by atoms with Crippen LogP contribution in [0.25, 0.3) is 0 Å². The molecule has 0 saturated carbocycles. The predicted octanol–water partition coefficient (Wildman–Crippen LogP) is 3.21. The maximum absolute atomic E-state index is 9.15. The highest BCUT2D eigenvalue weighted by molar-refractivity contribution is 9.10. The minimum absolute atomic E-state index is 0.0864. The van der Waals surface area contributed by atoms with Crippen molar-refractivity contribution in [2.24, 2.45) is 5.92 Å². The first-order valence-electron chi connectivity index (χ1n) is 6.40. The number of nitriles is 1. The van der Waals surface area contributed by atoms with Gasteiger partial charge in [0.05, 0.1) is 35.8 Å². The van der Waals surface area contributed by atoms with Crippen molar-refractivity contribution in [3.63, 3.8) is 0 Å². The van der Waals surface area contributed by atoms with Crippen LogP contribution in [0.2, 0.25) is 0 Å².